The first-order valence-corrected chi connectivity index (χ1v) is 14.0. The van der Waals surface area contributed by atoms with Gasteiger partial charge in [0.05, 0.1) is 12.0 Å². The monoisotopic (exact) mass is 576 g/mol. The Kier molecular flexibility index (Phi) is 15.2. The largest absolute Gasteiger partial charge is 0.492 e. The zero-order valence-electron chi connectivity index (χ0n) is 21.5. The van der Waals surface area contributed by atoms with Crippen LogP contribution in [0.15, 0.2) is 54.6 Å². The van der Waals surface area contributed by atoms with E-state index in [0.29, 0.717) is 18.6 Å². The third-order valence-corrected chi connectivity index (χ3v) is 6.53. The number of aliphatic carboxylic acids is 1. The molecule has 0 saturated heterocycles. The van der Waals surface area contributed by atoms with Crippen molar-refractivity contribution in [2.45, 2.75) is 44.9 Å². The number of hydrogen-bond acceptors (Lipinski definition) is 7. The van der Waals surface area contributed by atoms with E-state index in [1.54, 1.807) is 18.2 Å². The molecule has 4 atom stereocenters. The second-order valence-corrected chi connectivity index (χ2v) is 10.2. The van der Waals surface area contributed by atoms with Crippen molar-refractivity contribution in [3.8, 4) is 0 Å². The number of carboxylic acids is 1. The van der Waals surface area contributed by atoms with E-state index in [1.807, 2.05) is 56.5 Å². The SMILES string of the molecule is CSCC[C@H](NC(=O)[C@@H](/C=C/[C@@H](/C=C/[C@H](CS)NOC(=O)C(F)(F)F)C(C)C)Cc1ccccc1)C(=O)O. The molecule has 1 amide bonds. The molecule has 12 heteroatoms. The Morgan fingerprint density at radius 3 is 2.26 bits per heavy atom. The Morgan fingerprint density at radius 2 is 1.74 bits per heavy atom. The Labute approximate surface area is 231 Å². The number of rotatable bonds is 16. The summed E-state index contributed by atoms with van der Waals surface area (Å²) in [5.41, 5.74) is 2.96. The standard InChI is InChI=1S/C26H35F3N2O5S2/c1-17(2)19(11-12-21(16-37)31-36-25(35)26(27,28)29)9-10-20(15-18-7-5-4-6-8-18)23(32)30-22(24(33)34)13-14-38-3/h4-12,17,19-22,31,37H,13-16H2,1-3H3,(H,30,32)(H,33,34)/b10-9+,12-11+/t19-,20-,21+,22-/m0/s1. The number of alkyl halides is 3. The van der Waals surface area contributed by atoms with Crippen LogP contribution in [0.25, 0.3) is 0 Å². The third-order valence-electron chi connectivity index (χ3n) is 5.49. The van der Waals surface area contributed by atoms with E-state index in [0.717, 1.165) is 5.56 Å². The zero-order valence-corrected chi connectivity index (χ0v) is 23.2. The van der Waals surface area contributed by atoms with Crippen LogP contribution >= 0.6 is 24.4 Å². The molecule has 0 aromatic heterocycles. The summed E-state index contributed by atoms with van der Waals surface area (Å²) in [4.78, 5) is 39.8. The van der Waals surface area contributed by atoms with Crippen LogP contribution in [-0.4, -0.2) is 59.0 Å². The van der Waals surface area contributed by atoms with Gasteiger partial charge in [0.1, 0.15) is 6.04 Å². The first kappa shape index (κ1) is 33.6. The van der Waals surface area contributed by atoms with Gasteiger partial charge < -0.3 is 15.3 Å². The van der Waals surface area contributed by atoms with Crippen LogP contribution < -0.4 is 10.8 Å². The number of benzene rings is 1. The van der Waals surface area contributed by atoms with E-state index < -0.39 is 42.0 Å². The molecule has 1 rings (SSSR count). The van der Waals surface area contributed by atoms with Gasteiger partial charge in [-0.25, -0.2) is 9.59 Å². The molecule has 3 N–H and O–H groups in total. The van der Waals surface area contributed by atoms with E-state index in [9.17, 15) is 32.7 Å². The maximum absolute atomic E-state index is 13.1. The Balaban J connectivity index is 3.07. The minimum Gasteiger partial charge on any atom is -0.480 e. The number of thiol groups is 1. The van der Waals surface area contributed by atoms with E-state index in [1.165, 1.54) is 11.8 Å². The Morgan fingerprint density at radius 1 is 1.11 bits per heavy atom. The molecule has 0 heterocycles. The lowest BCUT2D eigenvalue weighted by Gasteiger charge is -2.20. The number of carboxylic acid groups (broad SMARTS) is 1. The van der Waals surface area contributed by atoms with Crippen molar-refractivity contribution in [3.05, 3.63) is 60.2 Å². The summed E-state index contributed by atoms with van der Waals surface area (Å²) >= 11 is 5.57. The first-order chi connectivity index (χ1) is 17.9. The smallest absolute Gasteiger partial charge is 0.480 e. The summed E-state index contributed by atoms with van der Waals surface area (Å²) in [6, 6.07) is 7.52. The Hall–Kier alpha value is -2.44. The summed E-state index contributed by atoms with van der Waals surface area (Å²) in [6.07, 6.45) is 4.17. The molecular formula is C26H35F3N2O5S2. The normalized spacial score (nSPS) is 15.4. The predicted octanol–water partition coefficient (Wildman–Crippen LogP) is 4.46. The van der Waals surface area contributed by atoms with Crippen molar-refractivity contribution >= 4 is 42.2 Å². The van der Waals surface area contributed by atoms with Gasteiger partial charge in [-0.15, -0.1) is 5.48 Å². The molecular weight excluding hydrogens is 541 g/mol. The number of hydroxylamine groups is 1. The van der Waals surface area contributed by atoms with Gasteiger partial charge >= 0.3 is 18.1 Å². The first-order valence-electron chi connectivity index (χ1n) is 12.0. The highest BCUT2D eigenvalue weighted by molar-refractivity contribution is 7.98. The van der Waals surface area contributed by atoms with Crippen LogP contribution in [0, 0.1) is 17.8 Å². The third kappa shape index (κ3) is 12.9. The van der Waals surface area contributed by atoms with Gasteiger partial charge in [0.2, 0.25) is 5.91 Å². The molecule has 0 spiro atoms. The van der Waals surface area contributed by atoms with E-state index >= 15 is 0 Å². The van der Waals surface area contributed by atoms with Gasteiger partial charge in [-0.1, -0.05) is 68.5 Å². The molecule has 38 heavy (non-hydrogen) atoms. The topological polar surface area (TPSA) is 105 Å². The second kappa shape index (κ2) is 17.2. The van der Waals surface area contributed by atoms with E-state index in [2.05, 4.69) is 28.3 Å². The number of allylic oxidation sites excluding steroid dienone is 2. The molecule has 0 saturated carbocycles. The number of hydrogen-bond donors (Lipinski definition) is 4. The number of carbonyl (C=O) groups is 3. The molecule has 0 aliphatic heterocycles. The molecule has 0 fully saturated rings. The van der Waals surface area contributed by atoms with Gasteiger partial charge in [-0.2, -0.15) is 37.6 Å². The summed E-state index contributed by atoms with van der Waals surface area (Å²) in [5, 5.41) is 12.2. The highest BCUT2D eigenvalue weighted by Crippen LogP contribution is 2.19. The highest BCUT2D eigenvalue weighted by atomic mass is 32.2. The van der Waals surface area contributed by atoms with Crippen LogP contribution in [-0.2, 0) is 25.6 Å². The molecule has 212 valence electrons. The molecule has 0 aliphatic carbocycles. The van der Waals surface area contributed by atoms with Crippen molar-refractivity contribution < 1.29 is 37.5 Å². The minimum absolute atomic E-state index is 0.0505. The number of carbonyl (C=O) groups excluding carboxylic acids is 2. The minimum atomic E-state index is -5.12. The zero-order chi connectivity index (χ0) is 28.7. The molecule has 1 aromatic carbocycles. The predicted molar refractivity (Wildman–Crippen MR) is 146 cm³/mol. The van der Waals surface area contributed by atoms with Crippen molar-refractivity contribution in [1.82, 2.24) is 10.8 Å². The molecule has 7 nitrogen and oxygen atoms in total. The van der Waals surface area contributed by atoms with Gasteiger partial charge in [-0.05, 0) is 42.2 Å². The number of thioether (sulfide) groups is 1. The average Bonchev–Trinajstić information content (AvgIpc) is 2.86. The fourth-order valence-corrected chi connectivity index (χ4v) is 3.91. The van der Waals surface area contributed by atoms with Crippen molar-refractivity contribution in [2.24, 2.45) is 17.8 Å². The number of halogens is 3. The van der Waals surface area contributed by atoms with Crippen LogP contribution in [0.2, 0.25) is 0 Å². The molecule has 0 unspecified atom stereocenters. The molecule has 0 bridgehead atoms. The maximum Gasteiger partial charge on any atom is 0.492 e. The van der Waals surface area contributed by atoms with Crippen molar-refractivity contribution in [2.75, 3.05) is 17.8 Å². The second-order valence-electron chi connectivity index (χ2n) is 8.86. The quantitative estimate of drug-likeness (QED) is 0.131. The van der Waals surface area contributed by atoms with Crippen LogP contribution in [0.3, 0.4) is 0 Å². The Bertz CT molecular complexity index is 943. The van der Waals surface area contributed by atoms with E-state index in [-0.39, 0.29) is 17.6 Å². The summed E-state index contributed by atoms with van der Waals surface area (Å²) in [6.45, 7) is 3.86. The van der Waals surface area contributed by atoms with Crippen LogP contribution in [0.4, 0.5) is 13.2 Å². The van der Waals surface area contributed by atoms with Crippen molar-refractivity contribution in [3.63, 3.8) is 0 Å². The van der Waals surface area contributed by atoms with Crippen molar-refractivity contribution in [1.29, 1.82) is 0 Å². The van der Waals surface area contributed by atoms with Gasteiger partial charge in [0, 0.05) is 5.75 Å². The fourth-order valence-electron chi connectivity index (χ4n) is 3.25. The highest BCUT2D eigenvalue weighted by Gasteiger charge is 2.41. The lowest BCUT2D eigenvalue weighted by molar-refractivity contribution is -0.207. The lowest BCUT2D eigenvalue weighted by Crippen LogP contribution is -2.44. The van der Waals surface area contributed by atoms with Gasteiger partial charge in [-0.3, -0.25) is 4.79 Å². The summed E-state index contributed by atoms with van der Waals surface area (Å²) < 4.78 is 37.1. The molecule has 1 aromatic rings. The molecule has 0 radical (unpaired) electrons. The fraction of sp³-hybridized carbons (Fsp3) is 0.500. The number of amides is 1. The summed E-state index contributed by atoms with van der Waals surface area (Å²) in [5.74, 6) is -4.07. The van der Waals surface area contributed by atoms with Gasteiger partial charge in [0.25, 0.3) is 0 Å². The summed E-state index contributed by atoms with van der Waals surface area (Å²) in [7, 11) is 0. The van der Waals surface area contributed by atoms with E-state index in [4.69, 9.17) is 0 Å². The van der Waals surface area contributed by atoms with Crippen LogP contribution in [0.1, 0.15) is 25.8 Å². The van der Waals surface area contributed by atoms with Gasteiger partial charge in [0.15, 0.2) is 0 Å². The molecule has 0 aliphatic rings. The number of nitrogens with one attached hydrogen (secondary N) is 2. The lowest BCUT2D eigenvalue weighted by atomic mass is 9.90. The van der Waals surface area contributed by atoms with Crippen LogP contribution in [0.5, 0.6) is 0 Å². The average molecular weight is 577 g/mol. The maximum atomic E-state index is 13.1.